The van der Waals surface area contributed by atoms with Crippen molar-refractivity contribution in [3.05, 3.63) is 58.4 Å². The van der Waals surface area contributed by atoms with Crippen LogP contribution in [0.1, 0.15) is 30.0 Å². The molecule has 200 valence electrons. The molecule has 0 aliphatic heterocycles. The quantitative estimate of drug-likeness (QED) is 0.140. The Balaban J connectivity index is 1.48. The van der Waals surface area contributed by atoms with E-state index < -0.39 is 41.7 Å². The van der Waals surface area contributed by atoms with Gasteiger partial charge in [-0.1, -0.05) is 40.1 Å². The predicted octanol–water partition coefficient (Wildman–Crippen LogP) is 4.88. The number of alkyl halides is 2. The first-order chi connectivity index (χ1) is 17.9. The minimum absolute atomic E-state index is 0.117. The third-order valence-corrected chi connectivity index (χ3v) is 6.41. The number of aromatic nitrogens is 2. The van der Waals surface area contributed by atoms with Crippen LogP contribution < -0.4 is 16.4 Å². The van der Waals surface area contributed by atoms with Crippen LogP contribution in [0.2, 0.25) is 5.02 Å². The number of halogens is 3. The molecule has 1 fully saturated rings. The van der Waals surface area contributed by atoms with Crippen LogP contribution in [-0.4, -0.2) is 39.1 Å². The molecular formula is C24H23ClF2N6O5. The maximum atomic E-state index is 14.0. The van der Waals surface area contributed by atoms with Gasteiger partial charge in [-0.25, -0.2) is 18.6 Å². The minimum atomic E-state index is -3.43. The lowest BCUT2D eigenvalue weighted by atomic mass is 10.1. The van der Waals surface area contributed by atoms with Crippen molar-refractivity contribution in [1.29, 1.82) is 0 Å². The van der Waals surface area contributed by atoms with E-state index in [1.807, 2.05) is 0 Å². The SMILES string of the molecule is Cc1nc(-c2onc(C)c2NC(=O)O[C@H](C)c2ccccc2Cl)ccc1NC(=O)C1C(/C(N)=N/O)C1(F)F. The van der Waals surface area contributed by atoms with Gasteiger partial charge in [-0.3, -0.25) is 10.1 Å². The van der Waals surface area contributed by atoms with Crippen molar-refractivity contribution in [1.82, 2.24) is 10.1 Å². The summed E-state index contributed by atoms with van der Waals surface area (Å²) in [4.78, 5) is 29.4. The summed E-state index contributed by atoms with van der Waals surface area (Å²) < 4.78 is 38.7. The summed E-state index contributed by atoms with van der Waals surface area (Å²) in [6.45, 7) is 4.82. The number of benzene rings is 1. The maximum absolute atomic E-state index is 14.0. The van der Waals surface area contributed by atoms with Gasteiger partial charge in [-0.15, -0.1) is 0 Å². The standard InChI is InChI=1S/C24H23ClF2N6O5/c1-10-15(30-22(34)18-17(21(28)32-36)24(18,26)27)8-9-16(29-10)20-19(11(2)33-38-20)31-23(35)37-12(3)13-6-4-5-7-14(13)25/h4-9,12,17-18,36H,1-3H3,(H2,28,32)(H,30,34)(H,31,35)/t12-,17?,18?/m1/s1. The van der Waals surface area contributed by atoms with Gasteiger partial charge in [0.2, 0.25) is 11.7 Å². The van der Waals surface area contributed by atoms with Gasteiger partial charge in [-0.2, -0.15) is 0 Å². The molecule has 2 aromatic heterocycles. The first-order valence-electron chi connectivity index (χ1n) is 11.3. The summed E-state index contributed by atoms with van der Waals surface area (Å²) in [5.74, 6) is -8.50. The number of anilines is 2. The number of hydrogen-bond acceptors (Lipinski definition) is 8. The van der Waals surface area contributed by atoms with Crippen molar-refractivity contribution in [3.8, 4) is 11.5 Å². The fourth-order valence-corrected chi connectivity index (χ4v) is 4.25. The van der Waals surface area contributed by atoms with Gasteiger partial charge in [0, 0.05) is 10.6 Å². The Morgan fingerprint density at radius 2 is 1.89 bits per heavy atom. The molecule has 4 rings (SSSR count). The van der Waals surface area contributed by atoms with Crippen molar-refractivity contribution in [2.24, 2.45) is 22.7 Å². The molecule has 38 heavy (non-hydrogen) atoms. The zero-order valence-corrected chi connectivity index (χ0v) is 21.1. The molecule has 1 aliphatic rings. The molecule has 11 nitrogen and oxygen atoms in total. The molecule has 2 heterocycles. The third-order valence-electron chi connectivity index (χ3n) is 6.06. The van der Waals surface area contributed by atoms with Gasteiger partial charge in [0.15, 0.2) is 0 Å². The largest absolute Gasteiger partial charge is 0.441 e. The summed E-state index contributed by atoms with van der Waals surface area (Å²) in [5, 5.41) is 20.6. The van der Waals surface area contributed by atoms with Crippen LogP contribution in [0.5, 0.6) is 0 Å². The third kappa shape index (κ3) is 5.09. The molecule has 0 radical (unpaired) electrons. The van der Waals surface area contributed by atoms with Crippen LogP contribution in [0.15, 0.2) is 46.1 Å². The highest BCUT2D eigenvalue weighted by atomic mass is 35.5. The Labute approximate surface area is 220 Å². The first kappa shape index (κ1) is 26.8. The monoisotopic (exact) mass is 548 g/mol. The molecule has 3 atom stereocenters. The molecule has 1 aromatic carbocycles. The van der Waals surface area contributed by atoms with Crippen LogP contribution in [0.25, 0.3) is 11.5 Å². The van der Waals surface area contributed by atoms with E-state index in [9.17, 15) is 18.4 Å². The molecule has 14 heteroatoms. The average molecular weight is 549 g/mol. The number of oxime groups is 1. The van der Waals surface area contributed by atoms with E-state index in [4.69, 9.17) is 31.8 Å². The van der Waals surface area contributed by atoms with E-state index >= 15 is 0 Å². The van der Waals surface area contributed by atoms with Gasteiger partial charge in [-0.05, 0) is 39.0 Å². The number of hydrogen-bond donors (Lipinski definition) is 4. The van der Waals surface area contributed by atoms with Gasteiger partial charge < -0.3 is 25.5 Å². The average Bonchev–Trinajstić information content (AvgIpc) is 3.28. The van der Waals surface area contributed by atoms with Crippen molar-refractivity contribution in [3.63, 3.8) is 0 Å². The highest BCUT2D eigenvalue weighted by Crippen LogP contribution is 2.55. The van der Waals surface area contributed by atoms with Gasteiger partial charge in [0.05, 0.1) is 11.4 Å². The summed E-state index contributed by atoms with van der Waals surface area (Å²) >= 11 is 6.17. The van der Waals surface area contributed by atoms with E-state index in [1.54, 1.807) is 45.0 Å². The fraction of sp³-hybridized carbons (Fsp3) is 0.292. The fourth-order valence-electron chi connectivity index (χ4n) is 3.97. The van der Waals surface area contributed by atoms with Crippen LogP contribution >= 0.6 is 11.6 Å². The van der Waals surface area contributed by atoms with E-state index in [0.717, 1.165) is 0 Å². The Bertz CT molecular complexity index is 1430. The Morgan fingerprint density at radius 1 is 1.18 bits per heavy atom. The molecule has 3 aromatic rings. The summed E-state index contributed by atoms with van der Waals surface area (Å²) in [6.07, 6.45) is -1.43. The lowest BCUT2D eigenvalue weighted by Crippen LogP contribution is -2.21. The van der Waals surface area contributed by atoms with Crippen LogP contribution in [0.4, 0.5) is 25.0 Å². The van der Waals surface area contributed by atoms with Crippen LogP contribution in [0, 0.1) is 25.7 Å². The zero-order valence-electron chi connectivity index (χ0n) is 20.3. The number of carbonyl (C=O) groups excluding carboxylic acids is 2. The number of ether oxygens (including phenoxy) is 1. The number of rotatable bonds is 7. The number of nitrogens with two attached hydrogens (primary N) is 1. The van der Waals surface area contributed by atoms with E-state index in [0.29, 0.717) is 16.3 Å². The predicted molar refractivity (Wildman–Crippen MR) is 133 cm³/mol. The lowest BCUT2D eigenvalue weighted by Gasteiger charge is -2.15. The second kappa shape index (κ2) is 10.2. The van der Waals surface area contributed by atoms with Crippen molar-refractivity contribution in [2.75, 3.05) is 10.6 Å². The minimum Gasteiger partial charge on any atom is -0.441 e. The van der Waals surface area contributed by atoms with Crippen LogP contribution in [-0.2, 0) is 9.53 Å². The van der Waals surface area contributed by atoms with E-state index in [-0.39, 0.29) is 28.5 Å². The second-order valence-electron chi connectivity index (χ2n) is 8.64. The summed E-state index contributed by atoms with van der Waals surface area (Å²) in [7, 11) is 0. The van der Waals surface area contributed by atoms with Gasteiger partial charge in [0.25, 0.3) is 5.92 Å². The highest BCUT2D eigenvalue weighted by Gasteiger charge is 2.74. The normalized spacial score (nSPS) is 18.9. The van der Waals surface area contributed by atoms with Crippen molar-refractivity contribution >= 4 is 40.8 Å². The molecule has 1 aliphatic carbocycles. The van der Waals surface area contributed by atoms with Crippen LogP contribution in [0.3, 0.4) is 0 Å². The van der Waals surface area contributed by atoms with E-state index in [1.165, 1.54) is 12.1 Å². The van der Waals surface area contributed by atoms with Crippen molar-refractivity contribution < 1.29 is 32.8 Å². The molecule has 0 saturated heterocycles. The summed E-state index contributed by atoms with van der Waals surface area (Å²) in [6, 6.07) is 9.85. The smallest absolute Gasteiger partial charge is 0.412 e. The highest BCUT2D eigenvalue weighted by molar-refractivity contribution is 6.31. The Kier molecular flexibility index (Phi) is 7.22. The number of nitrogens with one attached hydrogen (secondary N) is 2. The molecule has 5 N–H and O–H groups in total. The molecule has 2 amide bonds. The second-order valence-corrected chi connectivity index (χ2v) is 9.05. The van der Waals surface area contributed by atoms with E-state index in [2.05, 4.69) is 25.9 Å². The zero-order chi connectivity index (χ0) is 27.8. The Morgan fingerprint density at radius 3 is 2.55 bits per heavy atom. The first-order valence-corrected chi connectivity index (χ1v) is 11.7. The number of amides is 2. The number of aryl methyl sites for hydroxylation is 2. The lowest BCUT2D eigenvalue weighted by molar-refractivity contribution is -0.119. The molecule has 0 bridgehead atoms. The summed E-state index contributed by atoms with van der Waals surface area (Å²) in [5.41, 5.74) is 7.15. The van der Waals surface area contributed by atoms with Gasteiger partial charge in [0.1, 0.15) is 40.9 Å². The topological polar surface area (TPSA) is 165 Å². The Hall–Kier alpha value is -4.26. The molecular weight excluding hydrogens is 526 g/mol. The van der Waals surface area contributed by atoms with Crippen molar-refractivity contribution in [2.45, 2.75) is 32.8 Å². The van der Waals surface area contributed by atoms with Gasteiger partial charge >= 0.3 is 6.09 Å². The molecule has 1 saturated carbocycles. The molecule has 0 spiro atoms. The number of nitrogens with zero attached hydrogens (tertiary/aromatic N) is 3. The maximum Gasteiger partial charge on any atom is 0.412 e. The number of amidine groups is 1. The number of pyridine rings is 1. The molecule has 2 unspecified atom stereocenters. The number of carbonyl (C=O) groups is 2.